The first kappa shape index (κ1) is 14.0. The maximum atomic E-state index is 5.88. The fourth-order valence-electron chi connectivity index (χ4n) is 1.88. The molecule has 0 unspecified atom stereocenters. The van der Waals surface area contributed by atoms with E-state index in [1.807, 2.05) is 14.0 Å². The molecule has 1 aromatic heterocycles. The molecule has 1 aromatic carbocycles. The summed E-state index contributed by atoms with van der Waals surface area (Å²) >= 11 is 1.71. The lowest BCUT2D eigenvalue weighted by Crippen LogP contribution is -2.04. The highest BCUT2D eigenvalue weighted by Gasteiger charge is 2.08. The smallest absolute Gasteiger partial charge is 0.140 e. The van der Waals surface area contributed by atoms with E-state index in [4.69, 9.17) is 4.74 Å². The number of aromatic nitrogens is 1. The van der Waals surface area contributed by atoms with E-state index >= 15 is 0 Å². The Morgan fingerprint density at radius 1 is 1.26 bits per heavy atom. The number of nitrogens with zero attached hydrogens (tertiary/aromatic N) is 1. The van der Waals surface area contributed by atoms with Crippen LogP contribution in [0.15, 0.2) is 18.2 Å². The Labute approximate surface area is 118 Å². The van der Waals surface area contributed by atoms with Crippen molar-refractivity contribution >= 4 is 11.3 Å². The van der Waals surface area contributed by atoms with Gasteiger partial charge in [0, 0.05) is 11.4 Å². The highest BCUT2D eigenvalue weighted by Crippen LogP contribution is 2.23. The monoisotopic (exact) mass is 276 g/mol. The van der Waals surface area contributed by atoms with Crippen LogP contribution in [0, 0.1) is 20.8 Å². The molecule has 102 valence electrons. The zero-order chi connectivity index (χ0) is 13.8. The van der Waals surface area contributed by atoms with Crippen LogP contribution in [-0.4, -0.2) is 12.0 Å². The van der Waals surface area contributed by atoms with Crippen LogP contribution < -0.4 is 10.1 Å². The van der Waals surface area contributed by atoms with Gasteiger partial charge >= 0.3 is 0 Å². The van der Waals surface area contributed by atoms with Crippen molar-refractivity contribution in [3.63, 3.8) is 0 Å². The van der Waals surface area contributed by atoms with E-state index in [0.717, 1.165) is 28.6 Å². The number of thiazole rings is 1. The normalized spacial score (nSPS) is 10.7. The highest BCUT2D eigenvalue weighted by atomic mass is 32.1. The van der Waals surface area contributed by atoms with Gasteiger partial charge in [0.05, 0.1) is 5.69 Å². The highest BCUT2D eigenvalue weighted by molar-refractivity contribution is 7.11. The fourth-order valence-corrected chi connectivity index (χ4v) is 2.87. The third kappa shape index (κ3) is 3.55. The first-order chi connectivity index (χ1) is 9.10. The molecule has 0 saturated carbocycles. The summed E-state index contributed by atoms with van der Waals surface area (Å²) in [7, 11) is 1.95. The molecular formula is C15H20N2OS. The van der Waals surface area contributed by atoms with Gasteiger partial charge in [0.2, 0.25) is 0 Å². The molecule has 0 saturated heterocycles. The van der Waals surface area contributed by atoms with Crippen LogP contribution in [0.1, 0.15) is 26.7 Å². The zero-order valence-electron chi connectivity index (χ0n) is 11.9. The Kier molecular flexibility index (Phi) is 4.56. The second kappa shape index (κ2) is 6.17. The van der Waals surface area contributed by atoms with Crippen molar-refractivity contribution < 1.29 is 4.74 Å². The quantitative estimate of drug-likeness (QED) is 0.909. The van der Waals surface area contributed by atoms with Gasteiger partial charge in [-0.1, -0.05) is 12.1 Å². The Hall–Kier alpha value is -1.39. The van der Waals surface area contributed by atoms with Crippen LogP contribution in [0.25, 0.3) is 0 Å². The maximum absolute atomic E-state index is 5.88. The second-order valence-corrected chi connectivity index (χ2v) is 5.87. The summed E-state index contributed by atoms with van der Waals surface area (Å²) in [4.78, 5) is 5.83. The summed E-state index contributed by atoms with van der Waals surface area (Å²) < 4.78 is 5.88. The Morgan fingerprint density at radius 3 is 2.79 bits per heavy atom. The summed E-state index contributed by atoms with van der Waals surface area (Å²) in [5, 5.41) is 4.19. The molecule has 0 radical (unpaired) electrons. The van der Waals surface area contributed by atoms with Gasteiger partial charge in [0.25, 0.3) is 0 Å². The molecule has 19 heavy (non-hydrogen) atoms. The van der Waals surface area contributed by atoms with E-state index in [2.05, 4.69) is 42.3 Å². The molecule has 0 bridgehead atoms. The van der Waals surface area contributed by atoms with E-state index in [0.29, 0.717) is 6.61 Å². The summed E-state index contributed by atoms with van der Waals surface area (Å²) in [5.74, 6) is 0.947. The van der Waals surface area contributed by atoms with Gasteiger partial charge in [-0.25, -0.2) is 4.98 Å². The zero-order valence-corrected chi connectivity index (χ0v) is 12.7. The molecule has 0 amide bonds. The maximum Gasteiger partial charge on any atom is 0.140 e. The average Bonchev–Trinajstić information content (AvgIpc) is 2.72. The third-order valence-corrected chi connectivity index (χ3v) is 4.10. The molecular weight excluding hydrogens is 256 g/mol. The number of hydrogen-bond acceptors (Lipinski definition) is 4. The Balaban J connectivity index is 2.06. The third-order valence-electron chi connectivity index (χ3n) is 2.97. The van der Waals surface area contributed by atoms with E-state index in [-0.39, 0.29) is 0 Å². The van der Waals surface area contributed by atoms with Crippen LogP contribution in [0.4, 0.5) is 0 Å². The number of hydrogen-bond donors (Lipinski definition) is 1. The van der Waals surface area contributed by atoms with Crippen LogP contribution in [0.3, 0.4) is 0 Å². The van der Waals surface area contributed by atoms with Gasteiger partial charge in [0.15, 0.2) is 0 Å². The van der Waals surface area contributed by atoms with E-state index in [1.165, 1.54) is 10.4 Å². The second-order valence-electron chi connectivity index (χ2n) is 4.70. The molecule has 0 atom stereocenters. The number of ether oxygens (including phenoxy) is 1. The minimum atomic E-state index is 0.541. The largest absolute Gasteiger partial charge is 0.486 e. The Morgan fingerprint density at radius 2 is 2.05 bits per heavy atom. The molecule has 1 heterocycles. The predicted molar refractivity (Wildman–Crippen MR) is 79.9 cm³/mol. The van der Waals surface area contributed by atoms with E-state index < -0.39 is 0 Å². The molecule has 0 fully saturated rings. The topological polar surface area (TPSA) is 34.1 Å². The van der Waals surface area contributed by atoms with Crippen LogP contribution in [0.2, 0.25) is 0 Å². The predicted octanol–water partition coefficient (Wildman–Crippen LogP) is 3.37. The van der Waals surface area contributed by atoms with Crippen LogP contribution >= 0.6 is 11.3 Å². The van der Waals surface area contributed by atoms with Crippen LogP contribution in [-0.2, 0) is 13.2 Å². The van der Waals surface area contributed by atoms with Gasteiger partial charge < -0.3 is 10.1 Å². The molecule has 1 N–H and O–H groups in total. The van der Waals surface area contributed by atoms with Crippen molar-refractivity contribution in [3.05, 3.63) is 44.9 Å². The summed E-state index contributed by atoms with van der Waals surface area (Å²) in [6.45, 7) is 7.59. The summed E-state index contributed by atoms with van der Waals surface area (Å²) in [5.41, 5.74) is 3.47. The number of aryl methyl sites for hydroxylation is 3. The molecule has 0 aliphatic carbocycles. The van der Waals surface area contributed by atoms with Gasteiger partial charge in [-0.15, -0.1) is 11.3 Å². The molecule has 0 spiro atoms. The van der Waals surface area contributed by atoms with E-state index in [1.54, 1.807) is 11.3 Å². The number of nitrogens with one attached hydrogen (secondary N) is 1. The Bertz CT molecular complexity index is 563. The van der Waals surface area contributed by atoms with Crippen molar-refractivity contribution in [2.24, 2.45) is 0 Å². The lowest BCUT2D eigenvalue weighted by atomic mass is 10.1. The SMILES string of the molecule is CNCc1sc(COc2cc(C)ccc2C)nc1C. The molecule has 0 aliphatic heterocycles. The fraction of sp³-hybridized carbons (Fsp3) is 0.400. The minimum absolute atomic E-state index is 0.541. The number of benzene rings is 1. The van der Waals surface area contributed by atoms with Gasteiger partial charge in [-0.05, 0) is 45.0 Å². The van der Waals surface area contributed by atoms with Crippen molar-refractivity contribution in [1.29, 1.82) is 0 Å². The van der Waals surface area contributed by atoms with Crippen molar-refractivity contribution in [2.45, 2.75) is 33.9 Å². The standard InChI is InChI=1S/C15H20N2OS/c1-10-5-6-11(2)13(7-10)18-9-15-17-12(3)14(19-15)8-16-4/h5-7,16H,8-9H2,1-4H3. The summed E-state index contributed by atoms with van der Waals surface area (Å²) in [6, 6.07) is 6.26. The lowest BCUT2D eigenvalue weighted by molar-refractivity contribution is 0.303. The average molecular weight is 276 g/mol. The minimum Gasteiger partial charge on any atom is -0.486 e. The van der Waals surface area contributed by atoms with Crippen molar-refractivity contribution in [2.75, 3.05) is 7.05 Å². The molecule has 2 rings (SSSR count). The first-order valence-electron chi connectivity index (χ1n) is 6.40. The lowest BCUT2D eigenvalue weighted by Gasteiger charge is -2.08. The molecule has 3 nitrogen and oxygen atoms in total. The summed E-state index contributed by atoms with van der Waals surface area (Å²) in [6.07, 6.45) is 0. The van der Waals surface area contributed by atoms with Gasteiger partial charge in [-0.2, -0.15) is 0 Å². The van der Waals surface area contributed by atoms with Gasteiger partial charge in [0.1, 0.15) is 17.4 Å². The number of rotatable bonds is 5. The molecule has 0 aliphatic rings. The van der Waals surface area contributed by atoms with E-state index in [9.17, 15) is 0 Å². The first-order valence-corrected chi connectivity index (χ1v) is 7.21. The van der Waals surface area contributed by atoms with Crippen molar-refractivity contribution in [3.8, 4) is 5.75 Å². The molecule has 2 aromatic rings. The van der Waals surface area contributed by atoms with Gasteiger partial charge in [-0.3, -0.25) is 0 Å². The molecule has 4 heteroatoms. The van der Waals surface area contributed by atoms with Crippen LogP contribution in [0.5, 0.6) is 5.75 Å². The van der Waals surface area contributed by atoms with Crippen molar-refractivity contribution in [1.82, 2.24) is 10.3 Å².